The van der Waals surface area contributed by atoms with Gasteiger partial charge in [0.1, 0.15) is 19.3 Å². The quantitative estimate of drug-likeness (QED) is 0.0714. The van der Waals surface area contributed by atoms with Crippen molar-refractivity contribution in [3.05, 3.63) is 0 Å². The lowest BCUT2D eigenvalue weighted by atomic mass is 10.1. The number of amides is 4. The van der Waals surface area contributed by atoms with Gasteiger partial charge in [-0.15, -0.1) is 0 Å². The number of ether oxygens (including phenoxy) is 4. The highest BCUT2D eigenvalue weighted by Crippen LogP contribution is 1.94. The number of hydrogen-bond donors (Lipinski definition) is 6. The molecule has 228 valence electrons. The van der Waals surface area contributed by atoms with Gasteiger partial charge in [-0.25, -0.2) is 0 Å². The van der Waals surface area contributed by atoms with E-state index in [1.807, 2.05) is 13.8 Å². The van der Waals surface area contributed by atoms with Crippen LogP contribution in [0.1, 0.15) is 40.0 Å². The van der Waals surface area contributed by atoms with Crippen molar-refractivity contribution in [2.24, 2.45) is 5.73 Å². The number of aliphatic carboxylic acids is 1. The Labute approximate surface area is 230 Å². The number of carboxylic acids is 1. The molecule has 0 aromatic rings. The zero-order valence-corrected chi connectivity index (χ0v) is 23.4. The summed E-state index contributed by atoms with van der Waals surface area (Å²) in [7, 11) is 0. The number of carbonyl (C=O) groups excluding carboxylic acids is 4. The Hall–Kier alpha value is -2.85. The van der Waals surface area contributed by atoms with Gasteiger partial charge in [-0.1, -0.05) is 20.8 Å². The first-order chi connectivity index (χ1) is 18.8. The topological polar surface area (TPSA) is 217 Å². The minimum Gasteiger partial charge on any atom is -0.480 e. The lowest BCUT2D eigenvalue weighted by molar-refractivity contribution is -0.138. The van der Waals surface area contributed by atoms with Crippen LogP contribution < -0.4 is 27.0 Å². The fourth-order valence-electron chi connectivity index (χ4n) is 2.42. The highest BCUT2D eigenvalue weighted by Gasteiger charge is 2.13. The molecule has 0 aromatic heterocycles. The van der Waals surface area contributed by atoms with Crippen LogP contribution in [0.5, 0.6) is 0 Å². The normalized spacial score (nSPS) is 11.0. The molecule has 0 aliphatic heterocycles. The summed E-state index contributed by atoms with van der Waals surface area (Å²) < 4.78 is 20.9. The van der Waals surface area contributed by atoms with Gasteiger partial charge < -0.3 is 51.1 Å². The van der Waals surface area contributed by atoms with E-state index in [2.05, 4.69) is 21.3 Å². The number of hydrogen-bond acceptors (Lipinski definition) is 10. The van der Waals surface area contributed by atoms with Gasteiger partial charge in [0.15, 0.2) is 0 Å². The maximum Gasteiger partial charge on any atom is 0.320 e. The van der Waals surface area contributed by atoms with Crippen LogP contribution in [-0.4, -0.2) is 120 Å². The number of carboxylic acid groups (broad SMARTS) is 1. The maximum absolute atomic E-state index is 11.7. The van der Waals surface area contributed by atoms with E-state index in [9.17, 15) is 24.0 Å². The molecule has 7 N–H and O–H groups in total. The summed E-state index contributed by atoms with van der Waals surface area (Å²) in [5, 5.41) is 19.1. The van der Waals surface area contributed by atoms with Gasteiger partial charge in [-0.05, 0) is 6.42 Å². The van der Waals surface area contributed by atoms with Crippen molar-refractivity contribution in [2.45, 2.75) is 46.1 Å². The smallest absolute Gasteiger partial charge is 0.320 e. The first-order valence-corrected chi connectivity index (χ1v) is 13.1. The highest BCUT2D eigenvalue weighted by molar-refractivity contribution is 5.78. The van der Waals surface area contributed by atoms with Crippen molar-refractivity contribution in [2.75, 3.05) is 79.0 Å². The first kappa shape index (κ1) is 38.3. The molecule has 0 aliphatic rings. The summed E-state index contributed by atoms with van der Waals surface area (Å²) in [5.74, 6) is -2.12. The standard InChI is InChI=1S/C22H41N5O10.C2H6/c1-2-18(28)24-5-6-25-20(30)15-36-13-12-35-10-8-27-21(31)16-37-14-11-34-9-7-26-19(29)4-3-17(23)22(32)33;1-2/h17H,2-16,23H2,1H3,(H,24,28)(H,25,30)(H,26,29)(H,27,31)(H,32,33);1-2H3/t17-;/m0./s1. The molecule has 0 spiro atoms. The number of nitrogens with one attached hydrogen (secondary N) is 4. The molecule has 0 bridgehead atoms. The van der Waals surface area contributed by atoms with Gasteiger partial charge in [-0.2, -0.15) is 0 Å². The Morgan fingerprint density at radius 1 is 0.641 bits per heavy atom. The molecule has 15 nitrogen and oxygen atoms in total. The molecule has 1 atom stereocenters. The van der Waals surface area contributed by atoms with Crippen LogP contribution >= 0.6 is 0 Å². The van der Waals surface area contributed by atoms with Gasteiger partial charge in [0.2, 0.25) is 23.6 Å². The fourth-order valence-corrected chi connectivity index (χ4v) is 2.42. The van der Waals surface area contributed by atoms with Crippen LogP contribution in [0.3, 0.4) is 0 Å². The van der Waals surface area contributed by atoms with E-state index in [4.69, 9.17) is 29.8 Å². The number of nitrogens with two attached hydrogens (primary N) is 1. The predicted octanol–water partition coefficient (Wildman–Crippen LogP) is -1.85. The largest absolute Gasteiger partial charge is 0.480 e. The second kappa shape index (κ2) is 28.2. The predicted molar refractivity (Wildman–Crippen MR) is 142 cm³/mol. The molecule has 0 heterocycles. The zero-order chi connectivity index (χ0) is 29.7. The molecule has 0 saturated carbocycles. The Morgan fingerprint density at radius 2 is 1.05 bits per heavy atom. The summed E-state index contributed by atoms with van der Waals surface area (Å²) >= 11 is 0. The SMILES string of the molecule is CC.CCC(=O)NCCNC(=O)COCCOCCNC(=O)COCCOCCNC(=O)CC[C@H](N)C(=O)O. The maximum atomic E-state index is 11.7. The van der Waals surface area contributed by atoms with E-state index in [1.165, 1.54) is 0 Å². The van der Waals surface area contributed by atoms with Crippen LogP contribution in [0.15, 0.2) is 0 Å². The van der Waals surface area contributed by atoms with Crippen molar-refractivity contribution < 1.29 is 48.0 Å². The number of rotatable bonds is 24. The van der Waals surface area contributed by atoms with E-state index in [0.717, 1.165) is 0 Å². The van der Waals surface area contributed by atoms with Gasteiger partial charge in [0.05, 0.1) is 39.6 Å². The molecule has 39 heavy (non-hydrogen) atoms. The van der Waals surface area contributed by atoms with Crippen LogP contribution in [0, 0.1) is 0 Å². The fraction of sp³-hybridized carbons (Fsp3) is 0.792. The molecule has 0 rings (SSSR count). The average Bonchev–Trinajstić information content (AvgIpc) is 2.93. The van der Waals surface area contributed by atoms with Gasteiger partial charge >= 0.3 is 5.97 Å². The van der Waals surface area contributed by atoms with Crippen molar-refractivity contribution in [1.82, 2.24) is 21.3 Å². The summed E-state index contributed by atoms with van der Waals surface area (Å²) in [5.41, 5.74) is 5.32. The van der Waals surface area contributed by atoms with Crippen LogP contribution in [0.25, 0.3) is 0 Å². The lowest BCUT2D eigenvalue weighted by Crippen LogP contribution is -2.36. The van der Waals surface area contributed by atoms with E-state index >= 15 is 0 Å². The second-order valence-electron chi connectivity index (χ2n) is 7.57. The van der Waals surface area contributed by atoms with E-state index in [1.54, 1.807) is 6.92 Å². The average molecular weight is 566 g/mol. The summed E-state index contributed by atoms with van der Waals surface area (Å²) in [6.07, 6.45) is 0.475. The van der Waals surface area contributed by atoms with Crippen LogP contribution in [0.4, 0.5) is 0 Å². The van der Waals surface area contributed by atoms with Crippen LogP contribution in [0.2, 0.25) is 0 Å². The molecule has 0 aromatic carbocycles. The van der Waals surface area contributed by atoms with E-state index in [-0.39, 0.29) is 95.9 Å². The minimum absolute atomic E-state index is 0.0202. The molecule has 0 aliphatic carbocycles. The summed E-state index contributed by atoms with van der Waals surface area (Å²) in [6.45, 7) is 8.19. The molecule has 4 amide bonds. The van der Waals surface area contributed by atoms with Crippen molar-refractivity contribution in [3.63, 3.8) is 0 Å². The van der Waals surface area contributed by atoms with Crippen molar-refractivity contribution in [1.29, 1.82) is 0 Å². The third-order valence-electron chi connectivity index (χ3n) is 4.44. The van der Waals surface area contributed by atoms with Crippen molar-refractivity contribution in [3.8, 4) is 0 Å². The third-order valence-corrected chi connectivity index (χ3v) is 4.44. The third kappa shape index (κ3) is 28.0. The molecule has 0 radical (unpaired) electrons. The van der Waals surface area contributed by atoms with Crippen LogP contribution in [-0.2, 0) is 42.9 Å². The highest BCUT2D eigenvalue weighted by atomic mass is 16.5. The Balaban J connectivity index is 0. The zero-order valence-electron chi connectivity index (χ0n) is 23.4. The number of carbonyl (C=O) groups is 5. The summed E-state index contributed by atoms with van der Waals surface area (Å²) in [6, 6.07) is -1.06. The first-order valence-electron chi connectivity index (χ1n) is 13.1. The van der Waals surface area contributed by atoms with Crippen molar-refractivity contribution >= 4 is 29.6 Å². The van der Waals surface area contributed by atoms with E-state index in [0.29, 0.717) is 26.1 Å². The Bertz CT molecular complexity index is 682. The molecular formula is C24H47N5O10. The van der Waals surface area contributed by atoms with Gasteiger partial charge in [0.25, 0.3) is 0 Å². The Morgan fingerprint density at radius 3 is 1.51 bits per heavy atom. The molecule has 0 fully saturated rings. The lowest BCUT2D eigenvalue weighted by Gasteiger charge is -2.09. The van der Waals surface area contributed by atoms with E-state index < -0.39 is 12.0 Å². The Kier molecular flexibility index (Phi) is 27.7. The minimum atomic E-state index is -1.15. The summed E-state index contributed by atoms with van der Waals surface area (Å²) in [4.78, 5) is 56.3. The van der Waals surface area contributed by atoms with Gasteiger partial charge in [0, 0.05) is 39.0 Å². The monoisotopic (exact) mass is 565 g/mol. The molecule has 15 heteroatoms. The molecular weight excluding hydrogens is 518 g/mol. The van der Waals surface area contributed by atoms with Gasteiger partial charge in [-0.3, -0.25) is 24.0 Å². The second-order valence-corrected chi connectivity index (χ2v) is 7.57. The molecule has 0 saturated heterocycles. The molecule has 0 unspecified atom stereocenters.